The first-order valence-electron chi connectivity index (χ1n) is 8.14. The van der Waals surface area contributed by atoms with Gasteiger partial charge in [0.05, 0.1) is 30.1 Å². The van der Waals surface area contributed by atoms with Gasteiger partial charge in [-0.2, -0.15) is 0 Å². The molecule has 8 heteroatoms. The van der Waals surface area contributed by atoms with Crippen LogP contribution in [0.1, 0.15) is 19.4 Å². The second-order valence-electron chi connectivity index (χ2n) is 5.76. The van der Waals surface area contributed by atoms with Crippen LogP contribution in [0.3, 0.4) is 0 Å². The summed E-state index contributed by atoms with van der Waals surface area (Å²) in [5.41, 5.74) is 1.15. The fraction of sp³-hybridized carbons (Fsp3) is 0.263. The number of rotatable bonds is 8. The van der Waals surface area contributed by atoms with Gasteiger partial charge in [-0.1, -0.05) is 28.4 Å². The van der Waals surface area contributed by atoms with Crippen LogP contribution in [0, 0.1) is 0 Å². The number of carbonyl (C=O) groups excluding carboxylic acids is 1. The first-order valence-corrected chi connectivity index (χ1v) is 8.89. The minimum Gasteiger partial charge on any atom is -0.493 e. The Balaban J connectivity index is 1.89. The highest BCUT2D eigenvalue weighted by Gasteiger charge is 2.08. The summed E-state index contributed by atoms with van der Waals surface area (Å²) in [6, 6.07) is 10.1. The molecule has 0 radical (unpaired) electrons. The van der Waals surface area contributed by atoms with Crippen molar-refractivity contribution in [1.82, 2.24) is 0 Å². The van der Waals surface area contributed by atoms with Gasteiger partial charge < -0.3 is 19.6 Å². The lowest BCUT2D eigenvalue weighted by Crippen LogP contribution is -2.17. The second-order valence-corrected chi connectivity index (χ2v) is 6.60. The topological polar surface area (TPSA) is 69.2 Å². The van der Waals surface area contributed by atoms with Crippen molar-refractivity contribution in [2.75, 3.05) is 19.0 Å². The van der Waals surface area contributed by atoms with Gasteiger partial charge in [-0.3, -0.25) is 4.79 Å². The van der Waals surface area contributed by atoms with E-state index in [0.29, 0.717) is 27.2 Å². The van der Waals surface area contributed by atoms with E-state index in [-0.39, 0.29) is 12.7 Å². The first kappa shape index (κ1) is 20.9. The smallest absolute Gasteiger partial charge is 0.265 e. The van der Waals surface area contributed by atoms with Gasteiger partial charge in [-0.15, -0.1) is 0 Å². The van der Waals surface area contributed by atoms with E-state index in [4.69, 9.17) is 37.5 Å². The Morgan fingerprint density at radius 1 is 1.19 bits per heavy atom. The van der Waals surface area contributed by atoms with E-state index in [0.717, 1.165) is 5.56 Å². The third-order valence-corrected chi connectivity index (χ3v) is 3.79. The molecule has 0 aliphatic rings. The Morgan fingerprint density at radius 2 is 1.96 bits per heavy atom. The molecule has 0 fully saturated rings. The van der Waals surface area contributed by atoms with E-state index in [1.165, 1.54) is 6.21 Å². The van der Waals surface area contributed by atoms with Gasteiger partial charge in [-0.05, 0) is 50.2 Å². The largest absolute Gasteiger partial charge is 0.493 e. The molecular weight excluding hydrogens is 391 g/mol. The van der Waals surface area contributed by atoms with Crippen molar-refractivity contribution in [2.24, 2.45) is 5.16 Å². The number of nitrogens with one attached hydrogen (secondary N) is 1. The van der Waals surface area contributed by atoms with E-state index < -0.39 is 5.91 Å². The molecule has 1 amide bonds. The summed E-state index contributed by atoms with van der Waals surface area (Å²) in [5, 5.41) is 7.24. The standard InChI is InChI=1S/C19H20Cl2N2O4/c1-12(2)27-17-7-4-13(8-18(17)25-3)10-22-26-11-19(24)23-16-9-14(20)5-6-15(16)21/h4-10,12H,11H2,1-3H3,(H,23,24)/b22-10-. The number of nitrogens with zero attached hydrogens (tertiary/aromatic N) is 1. The summed E-state index contributed by atoms with van der Waals surface area (Å²) in [6.45, 7) is 3.60. The van der Waals surface area contributed by atoms with Crippen molar-refractivity contribution in [1.29, 1.82) is 0 Å². The molecule has 0 spiro atoms. The number of hydrogen-bond acceptors (Lipinski definition) is 5. The minimum absolute atomic E-state index is 0.0354. The Labute approximate surface area is 168 Å². The number of hydrogen-bond donors (Lipinski definition) is 1. The summed E-state index contributed by atoms with van der Waals surface area (Å²) in [5.74, 6) is 0.818. The number of methoxy groups -OCH3 is 1. The summed E-state index contributed by atoms with van der Waals surface area (Å²) < 4.78 is 11.0. The number of amides is 1. The van der Waals surface area contributed by atoms with Crippen LogP contribution in [0.25, 0.3) is 0 Å². The highest BCUT2D eigenvalue weighted by molar-refractivity contribution is 6.35. The Morgan fingerprint density at radius 3 is 2.67 bits per heavy atom. The molecule has 0 saturated carbocycles. The van der Waals surface area contributed by atoms with Crippen molar-refractivity contribution in [3.8, 4) is 11.5 Å². The number of halogens is 2. The highest BCUT2D eigenvalue weighted by atomic mass is 35.5. The Kier molecular flexibility index (Phi) is 7.76. The molecule has 0 aromatic heterocycles. The number of carbonyl (C=O) groups is 1. The van der Waals surface area contributed by atoms with Crippen LogP contribution in [0.2, 0.25) is 10.0 Å². The first-order chi connectivity index (χ1) is 12.9. The molecule has 0 saturated heterocycles. The van der Waals surface area contributed by atoms with Crippen molar-refractivity contribution in [3.05, 3.63) is 52.0 Å². The average molecular weight is 411 g/mol. The summed E-state index contributed by atoms with van der Waals surface area (Å²) >= 11 is 11.9. The lowest BCUT2D eigenvalue weighted by Gasteiger charge is -2.13. The SMILES string of the molecule is COc1cc(/C=N\OCC(=O)Nc2cc(Cl)ccc2Cl)ccc1OC(C)C. The Bertz CT molecular complexity index is 825. The quantitative estimate of drug-likeness (QED) is 0.502. The van der Waals surface area contributed by atoms with E-state index in [9.17, 15) is 4.79 Å². The molecule has 0 aliphatic carbocycles. The predicted molar refractivity (Wildman–Crippen MR) is 107 cm³/mol. The Hall–Kier alpha value is -2.44. The molecule has 144 valence electrons. The molecule has 0 bridgehead atoms. The van der Waals surface area contributed by atoms with Crippen molar-refractivity contribution < 1.29 is 19.1 Å². The van der Waals surface area contributed by atoms with Crippen molar-refractivity contribution >= 4 is 41.0 Å². The number of benzene rings is 2. The van der Waals surface area contributed by atoms with Gasteiger partial charge in [0.1, 0.15) is 0 Å². The molecule has 1 N–H and O–H groups in total. The molecule has 2 rings (SSSR count). The monoisotopic (exact) mass is 410 g/mol. The highest BCUT2D eigenvalue weighted by Crippen LogP contribution is 2.28. The molecule has 2 aromatic rings. The van der Waals surface area contributed by atoms with Crippen molar-refractivity contribution in [3.63, 3.8) is 0 Å². The maximum Gasteiger partial charge on any atom is 0.265 e. The zero-order valence-electron chi connectivity index (χ0n) is 15.2. The number of ether oxygens (including phenoxy) is 2. The van der Waals surface area contributed by atoms with Crippen molar-refractivity contribution in [2.45, 2.75) is 20.0 Å². The summed E-state index contributed by atoms with van der Waals surface area (Å²) in [4.78, 5) is 16.9. The van der Waals surface area contributed by atoms with Gasteiger partial charge >= 0.3 is 0 Å². The minimum atomic E-state index is -0.408. The molecule has 0 atom stereocenters. The average Bonchev–Trinajstić information content (AvgIpc) is 2.62. The molecular formula is C19H20Cl2N2O4. The zero-order valence-corrected chi connectivity index (χ0v) is 16.7. The predicted octanol–water partition coefficient (Wildman–Crippen LogP) is 4.78. The fourth-order valence-electron chi connectivity index (χ4n) is 2.09. The normalized spacial score (nSPS) is 10.9. The van der Waals surface area contributed by atoms with E-state index in [2.05, 4.69) is 10.5 Å². The number of anilines is 1. The lowest BCUT2D eigenvalue weighted by molar-refractivity contribution is -0.120. The molecule has 0 unspecified atom stereocenters. The zero-order chi connectivity index (χ0) is 19.8. The van der Waals surface area contributed by atoms with E-state index in [1.54, 1.807) is 43.5 Å². The van der Waals surface area contributed by atoms with Crippen LogP contribution in [-0.2, 0) is 9.63 Å². The molecule has 2 aromatic carbocycles. The summed E-state index contributed by atoms with van der Waals surface area (Å²) in [7, 11) is 1.56. The van der Waals surface area contributed by atoms with Crippen LogP contribution in [0.15, 0.2) is 41.6 Å². The fourth-order valence-corrected chi connectivity index (χ4v) is 2.43. The maximum atomic E-state index is 11.9. The van der Waals surface area contributed by atoms with E-state index in [1.807, 2.05) is 13.8 Å². The summed E-state index contributed by atoms with van der Waals surface area (Å²) in [6.07, 6.45) is 1.51. The molecule has 0 aliphatic heterocycles. The maximum absolute atomic E-state index is 11.9. The third-order valence-electron chi connectivity index (χ3n) is 3.22. The van der Waals surface area contributed by atoms with Crippen LogP contribution < -0.4 is 14.8 Å². The van der Waals surface area contributed by atoms with Gasteiger partial charge in [0.15, 0.2) is 18.1 Å². The van der Waals surface area contributed by atoms with Crippen LogP contribution >= 0.6 is 23.2 Å². The van der Waals surface area contributed by atoms with E-state index >= 15 is 0 Å². The number of oxime groups is 1. The molecule has 6 nitrogen and oxygen atoms in total. The molecule has 27 heavy (non-hydrogen) atoms. The lowest BCUT2D eigenvalue weighted by atomic mass is 10.2. The molecule has 0 heterocycles. The van der Waals surface area contributed by atoms with Crippen LogP contribution in [-0.4, -0.2) is 31.9 Å². The van der Waals surface area contributed by atoms with Gasteiger partial charge in [0, 0.05) is 10.6 Å². The van der Waals surface area contributed by atoms with Crippen LogP contribution in [0.5, 0.6) is 11.5 Å². The third kappa shape index (κ3) is 6.66. The second kappa shape index (κ2) is 10.0. The van der Waals surface area contributed by atoms with Gasteiger partial charge in [0.2, 0.25) is 0 Å². The van der Waals surface area contributed by atoms with Gasteiger partial charge in [-0.25, -0.2) is 0 Å². The van der Waals surface area contributed by atoms with Gasteiger partial charge in [0.25, 0.3) is 5.91 Å². The van der Waals surface area contributed by atoms with Crippen LogP contribution in [0.4, 0.5) is 5.69 Å².